The molecule has 19 heavy (non-hydrogen) atoms. The predicted octanol–water partition coefficient (Wildman–Crippen LogP) is 4.56. The molecule has 0 aliphatic heterocycles. The Kier molecular flexibility index (Phi) is 7.57. The molecule has 0 spiro atoms. The summed E-state index contributed by atoms with van der Waals surface area (Å²) in [7, 11) is 0. The first-order chi connectivity index (χ1) is 9.21. The highest BCUT2D eigenvalue weighted by atomic mass is 16.5. The van der Waals surface area contributed by atoms with Crippen LogP contribution in [0.4, 0.5) is 0 Å². The zero-order valence-corrected chi connectivity index (χ0v) is 12.9. The van der Waals surface area contributed by atoms with Gasteiger partial charge in [-0.3, -0.25) is 0 Å². The molecule has 2 unspecified atom stereocenters. The lowest BCUT2D eigenvalue weighted by Crippen LogP contribution is -2.23. The van der Waals surface area contributed by atoms with E-state index in [1.54, 1.807) is 0 Å². The van der Waals surface area contributed by atoms with Gasteiger partial charge < -0.3 is 10.1 Å². The van der Waals surface area contributed by atoms with Gasteiger partial charge in [-0.25, -0.2) is 0 Å². The molecule has 0 saturated carbocycles. The molecule has 1 aromatic carbocycles. The molecule has 0 aromatic heterocycles. The van der Waals surface area contributed by atoms with Gasteiger partial charge in [0.15, 0.2) is 0 Å². The Morgan fingerprint density at radius 1 is 1.21 bits per heavy atom. The van der Waals surface area contributed by atoms with Crippen LogP contribution in [0.1, 0.15) is 58.6 Å². The number of nitrogens with one attached hydrogen (secondary N) is 1. The summed E-state index contributed by atoms with van der Waals surface area (Å²) < 4.78 is 5.60. The number of hydrogen-bond donors (Lipinski definition) is 1. The molecule has 0 radical (unpaired) electrons. The molecule has 0 heterocycles. The summed E-state index contributed by atoms with van der Waals surface area (Å²) in [5.41, 5.74) is 1.34. The van der Waals surface area contributed by atoms with Crippen molar-refractivity contribution >= 4 is 0 Å². The third kappa shape index (κ3) is 5.65. The molecule has 2 nitrogen and oxygen atoms in total. The van der Waals surface area contributed by atoms with Crippen molar-refractivity contribution in [2.45, 2.75) is 53.0 Å². The molecule has 0 amide bonds. The van der Waals surface area contributed by atoms with Gasteiger partial charge >= 0.3 is 0 Å². The van der Waals surface area contributed by atoms with Crippen molar-refractivity contribution in [1.82, 2.24) is 5.32 Å². The van der Waals surface area contributed by atoms with Gasteiger partial charge in [0.1, 0.15) is 5.75 Å². The van der Waals surface area contributed by atoms with E-state index in [9.17, 15) is 0 Å². The molecule has 0 bridgehead atoms. The highest BCUT2D eigenvalue weighted by molar-refractivity contribution is 5.30. The molecule has 1 rings (SSSR count). The van der Waals surface area contributed by atoms with E-state index in [1.807, 2.05) is 13.0 Å². The Balaban J connectivity index is 2.76. The number of hydrogen-bond acceptors (Lipinski definition) is 2. The monoisotopic (exact) mass is 263 g/mol. The molecule has 0 saturated heterocycles. The van der Waals surface area contributed by atoms with Crippen LogP contribution in [-0.4, -0.2) is 13.2 Å². The first kappa shape index (κ1) is 16.0. The quantitative estimate of drug-likeness (QED) is 0.705. The molecule has 1 N–H and O–H groups in total. The van der Waals surface area contributed by atoms with E-state index in [0.717, 1.165) is 24.8 Å². The molecule has 0 fully saturated rings. The fourth-order valence-electron chi connectivity index (χ4n) is 2.58. The van der Waals surface area contributed by atoms with E-state index in [0.29, 0.717) is 6.04 Å². The van der Waals surface area contributed by atoms with E-state index in [1.165, 1.54) is 24.8 Å². The van der Waals surface area contributed by atoms with Crippen LogP contribution < -0.4 is 10.1 Å². The molecule has 2 atom stereocenters. The maximum Gasteiger partial charge on any atom is 0.119 e. The second-order valence-electron chi connectivity index (χ2n) is 5.25. The van der Waals surface area contributed by atoms with Crippen LogP contribution in [0.25, 0.3) is 0 Å². The third-order valence-corrected chi connectivity index (χ3v) is 3.44. The van der Waals surface area contributed by atoms with Gasteiger partial charge in [-0.15, -0.1) is 0 Å². The van der Waals surface area contributed by atoms with Gasteiger partial charge in [-0.05, 0) is 43.5 Å². The van der Waals surface area contributed by atoms with Crippen LogP contribution in [0.5, 0.6) is 5.75 Å². The fraction of sp³-hybridized carbons (Fsp3) is 0.647. The number of benzene rings is 1. The van der Waals surface area contributed by atoms with Gasteiger partial charge in [0.2, 0.25) is 0 Å². The van der Waals surface area contributed by atoms with E-state index in [2.05, 4.69) is 44.3 Å². The minimum absolute atomic E-state index is 0.437. The zero-order valence-electron chi connectivity index (χ0n) is 12.9. The summed E-state index contributed by atoms with van der Waals surface area (Å²) in [6, 6.07) is 8.94. The van der Waals surface area contributed by atoms with Crippen molar-refractivity contribution in [1.29, 1.82) is 0 Å². The van der Waals surface area contributed by atoms with Crippen molar-refractivity contribution in [3.05, 3.63) is 29.8 Å². The van der Waals surface area contributed by atoms with Crippen molar-refractivity contribution in [3.63, 3.8) is 0 Å². The van der Waals surface area contributed by atoms with Crippen molar-refractivity contribution in [2.75, 3.05) is 13.2 Å². The van der Waals surface area contributed by atoms with Crippen molar-refractivity contribution in [3.8, 4) is 5.75 Å². The molecule has 1 aromatic rings. The average molecular weight is 263 g/mol. The van der Waals surface area contributed by atoms with Crippen LogP contribution in [0.2, 0.25) is 0 Å². The lowest BCUT2D eigenvalue weighted by molar-refractivity contribution is 0.338. The molecule has 0 aliphatic carbocycles. The van der Waals surface area contributed by atoms with Crippen LogP contribution in [0.15, 0.2) is 24.3 Å². The first-order valence-corrected chi connectivity index (χ1v) is 7.67. The smallest absolute Gasteiger partial charge is 0.119 e. The Hall–Kier alpha value is -1.02. The highest BCUT2D eigenvalue weighted by Crippen LogP contribution is 2.26. The van der Waals surface area contributed by atoms with Crippen LogP contribution >= 0.6 is 0 Å². The standard InChI is InChI=1S/C17H29NO/c1-5-9-14(4)12-17(18-6-2)15-10-8-11-16(13-15)19-7-3/h8,10-11,13-14,17-18H,5-7,9,12H2,1-4H3. The van der Waals surface area contributed by atoms with Crippen LogP contribution in [0, 0.1) is 5.92 Å². The fourth-order valence-corrected chi connectivity index (χ4v) is 2.58. The Morgan fingerprint density at radius 3 is 2.63 bits per heavy atom. The molecular formula is C17H29NO. The maximum atomic E-state index is 5.60. The number of ether oxygens (including phenoxy) is 1. The SMILES string of the molecule is CCCC(C)CC(NCC)c1cccc(OCC)c1. The molecule has 2 heteroatoms. The van der Waals surface area contributed by atoms with Crippen molar-refractivity contribution < 1.29 is 4.74 Å². The zero-order chi connectivity index (χ0) is 14.1. The van der Waals surface area contributed by atoms with Gasteiger partial charge in [0.25, 0.3) is 0 Å². The lowest BCUT2D eigenvalue weighted by atomic mass is 9.93. The summed E-state index contributed by atoms with van der Waals surface area (Å²) in [5.74, 6) is 1.73. The van der Waals surface area contributed by atoms with E-state index in [-0.39, 0.29) is 0 Å². The van der Waals surface area contributed by atoms with E-state index < -0.39 is 0 Å². The Labute approximate surface area is 118 Å². The first-order valence-electron chi connectivity index (χ1n) is 7.67. The van der Waals surface area contributed by atoms with Gasteiger partial charge in [-0.2, -0.15) is 0 Å². The lowest BCUT2D eigenvalue weighted by Gasteiger charge is -2.22. The van der Waals surface area contributed by atoms with Gasteiger partial charge in [0.05, 0.1) is 6.61 Å². The van der Waals surface area contributed by atoms with Crippen LogP contribution in [-0.2, 0) is 0 Å². The minimum Gasteiger partial charge on any atom is -0.494 e. The molecular weight excluding hydrogens is 234 g/mol. The van der Waals surface area contributed by atoms with Gasteiger partial charge in [-0.1, -0.05) is 45.7 Å². The normalized spacial score (nSPS) is 14.1. The second kappa shape index (κ2) is 8.98. The average Bonchev–Trinajstić information content (AvgIpc) is 2.39. The summed E-state index contributed by atoms with van der Waals surface area (Å²) in [4.78, 5) is 0. The Morgan fingerprint density at radius 2 is 2.00 bits per heavy atom. The second-order valence-corrected chi connectivity index (χ2v) is 5.25. The third-order valence-electron chi connectivity index (χ3n) is 3.44. The summed E-state index contributed by atoms with van der Waals surface area (Å²) >= 11 is 0. The topological polar surface area (TPSA) is 21.3 Å². The van der Waals surface area contributed by atoms with Crippen molar-refractivity contribution in [2.24, 2.45) is 5.92 Å². The largest absolute Gasteiger partial charge is 0.494 e. The van der Waals surface area contributed by atoms with Crippen LogP contribution in [0.3, 0.4) is 0 Å². The highest BCUT2D eigenvalue weighted by Gasteiger charge is 2.14. The van der Waals surface area contributed by atoms with E-state index >= 15 is 0 Å². The predicted molar refractivity (Wildman–Crippen MR) is 82.7 cm³/mol. The maximum absolute atomic E-state index is 5.60. The Bertz CT molecular complexity index is 351. The molecule has 0 aliphatic rings. The summed E-state index contributed by atoms with van der Waals surface area (Å²) in [6.07, 6.45) is 3.75. The van der Waals surface area contributed by atoms with Gasteiger partial charge in [0, 0.05) is 6.04 Å². The molecule has 108 valence electrons. The summed E-state index contributed by atoms with van der Waals surface area (Å²) in [5, 5.41) is 3.60. The van der Waals surface area contributed by atoms with E-state index in [4.69, 9.17) is 4.74 Å². The number of rotatable bonds is 9. The minimum atomic E-state index is 0.437. The summed E-state index contributed by atoms with van der Waals surface area (Å²) in [6.45, 7) is 10.5.